The van der Waals surface area contributed by atoms with Gasteiger partial charge in [-0.3, -0.25) is 0 Å². The molecular formula is C8H11BrN2. The van der Waals surface area contributed by atoms with Crippen LogP contribution in [0, 0.1) is 6.92 Å². The zero-order valence-electron chi connectivity index (χ0n) is 6.47. The molecular weight excluding hydrogens is 204 g/mol. The molecule has 0 aliphatic heterocycles. The van der Waals surface area contributed by atoms with Gasteiger partial charge in [-0.15, -0.1) is 0 Å². The van der Waals surface area contributed by atoms with E-state index >= 15 is 0 Å². The van der Waals surface area contributed by atoms with Crippen LogP contribution >= 0.6 is 15.9 Å². The number of nitrogens with one attached hydrogen (secondary N) is 1. The Labute approximate surface area is 74.9 Å². The van der Waals surface area contributed by atoms with Crippen molar-refractivity contribution in [1.82, 2.24) is 9.97 Å². The van der Waals surface area contributed by atoms with Gasteiger partial charge in [0.05, 0.1) is 12.0 Å². The van der Waals surface area contributed by atoms with E-state index in [0.717, 1.165) is 23.1 Å². The second kappa shape index (κ2) is 4.34. The van der Waals surface area contributed by atoms with E-state index in [4.69, 9.17) is 0 Å². The molecule has 0 spiro atoms. The van der Waals surface area contributed by atoms with Gasteiger partial charge in [0, 0.05) is 11.0 Å². The second-order valence-corrected chi connectivity index (χ2v) is 3.09. The first kappa shape index (κ1) is 8.53. The fourth-order valence-electron chi connectivity index (χ4n) is 0.795. The number of allylic oxidation sites excluding steroid dienone is 1. The van der Waals surface area contributed by atoms with Crippen molar-refractivity contribution in [1.29, 1.82) is 0 Å². The number of aromatic nitrogens is 2. The predicted octanol–water partition coefficient (Wildman–Crippen LogP) is 2.52. The lowest BCUT2D eigenvalue weighted by Crippen LogP contribution is -1.75. The number of hydrogen-bond donors (Lipinski definition) is 1. The Hall–Kier alpha value is -0.570. The molecule has 0 bridgehead atoms. The van der Waals surface area contributed by atoms with Gasteiger partial charge in [0.15, 0.2) is 0 Å². The third kappa shape index (κ3) is 2.50. The van der Waals surface area contributed by atoms with Crippen molar-refractivity contribution in [3.8, 4) is 0 Å². The summed E-state index contributed by atoms with van der Waals surface area (Å²) >= 11 is 3.35. The minimum absolute atomic E-state index is 1.01. The summed E-state index contributed by atoms with van der Waals surface area (Å²) in [7, 11) is 0. The van der Waals surface area contributed by atoms with Gasteiger partial charge >= 0.3 is 0 Å². The summed E-state index contributed by atoms with van der Waals surface area (Å²) in [5, 5.41) is 1.01. The van der Waals surface area contributed by atoms with Gasteiger partial charge in [0.25, 0.3) is 0 Å². The van der Waals surface area contributed by atoms with Crippen LogP contribution in [-0.2, 0) is 0 Å². The van der Waals surface area contributed by atoms with Crippen LogP contribution in [0.25, 0.3) is 6.08 Å². The lowest BCUT2D eigenvalue weighted by Gasteiger charge is -1.86. The Morgan fingerprint density at radius 3 is 3.09 bits per heavy atom. The van der Waals surface area contributed by atoms with Crippen LogP contribution in [0.2, 0.25) is 0 Å². The summed E-state index contributed by atoms with van der Waals surface area (Å²) in [6.45, 7) is 2.01. The van der Waals surface area contributed by atoms with Gasteiger partial charge in [-0.2, -0.15) is 0 Å². The van der Waals surface area contributed by atoms with E-state index in [2.05, 4.69) is 32.0 Å². The SMILES string of the molecule is Cc1[nH]cnc1C=CCCBr. The summed E-state index contributed by atoms with van der Waals surface area (Å²) in [6.07, 6.45) is 6.90. The number of aromatic amines is 1. The molecule has 60 valence electrons. The molecule has 1 heterocycles. The van der Waals surface area contributed by atoms with Crippen LogP contribution in [-0.4, -0.2) is 15.3 Å². The molecule has 1 N–H and O–H groups in total. The van der Waals surface area contributed by atoms with E-state index in [0.29, 0.717) is 0 Å². The molecule has 0 aliphatic rings. The fraction of sp³-hybridized carbons (Fsp3) is 0.375. The van der Waals surface area contributed by atoms with Gasteiger partial charge in [0.2, 0.25) is 0 Å². The third-order valence-corrected chi connectivity index (χ3v) is 1.88. The molecule has 0 aromatic carbocycles. The molecule has 1 rings (SSSR count). The first-order valence-corrected chi connectivity index (χ1v) is 4.69. The number of alkyl halides is 1. The smallest absolute Gasteiger partial charge is 0.0929 e. The molecule has 3 heteroatoms. The maximum Gasteiger partial charge on any atom is 0.0929 e. The summed E-state index contributed by atoms with van der Waals surface area (Å²) in [6, 6.07) is 0. The predicted molar refractivity (Wildman–Crippen MR) is 50.8 cm³/mol. The maximum atomic E-state index is 4.13. The van der Waals surface area contributed by atoms with Crippen LogP contribution in [0.3, 0.4) is 0 Å². The highest BCUT2D eigenvalue weighted by Crippen LogP contribution is 2.03. The van der Waals surface area contributed by atoms with Crippen molar-refractivity contribution in [2.45, 2.75) is 13.3 Å². The van der Waals surface area contributed by atoms with E-state index < -0.39 is 0 Å². The highest BCUT2D eigenvalue weighted by atomic mass is 79.9. The largest absolute Gasteiger partial charge is 0.348 e. The summed E-state index contributed by atoms with van der Waals surface area (Å²) < 4.78 is 0. The molecule has 0 unspecified atom stereocenters. The third-order valence-electron chi connectivity index (χ3n) is 1.42. The molecule has 0 saturated carbocycles. The van der Waals surface area contributed by atoms with Crippen LogP contribution in [0.4, 0.5) is 0 Å². The first-order chi connectivity index (χ1) is 5.34. The van der Waals surface area contributed by atoms with Crippen LogP contribution in [0.15, 0.2) is 12.4 Å². The van der Waals surface area contributed by atoms with Gasteiger partial charge < -0.3 is 4.98 Å². The van der Waals surface area contributed by atoms with Crippen molar-refractivity contribution in [2.24, 2.45) is 0 Å². The van der Waals surface area contributed by atoms with E-state index in [9.17, 15) is 0 Å². The van der Waals surface area contributed by atoms with Crippen molar-refractivity contribution in [3.05, 3.63) is 23.8 Å². The molecule has 2 nitrogen and oxygen atoms in total. The minimum atomic E-state index is 1.01. The van der Waals surface area contributed by atoms with E-state index in [1.54, 1.807) is 6.33 Å². The molecule has 0 aliphatic carbocycles. The van der Waals surface area contributed by atoms with Crippen LogP contribution in [0.1, 0.15) is 17.8 Å². The monoisotopic (exact) mass is 214 g/mol. The summed E-state index contributed by atoms with van der Waals surface area (Å²) in [5.41, 5.74) is 2.15. The number of aryl methyl sites for hydroxylation is 1. The Bertz CT molecular complexity index is 240. The van der Waals surface area contributed by atoms with Gasteiger partial charge in [-0.1, -0.05) is 22.0 Å². The topological polar surface area (TPSA) is 28.7 Å². The molecule has 0 atom stereocenters. The highest BCUT2D eigenvalue weighted by Gasteiger charge is 1.92. The van der Waals surface area contributed by atoms with Crippen molar-refractivity contribution in [2.75, 3.05) is 5.33 Å². The number of halogens is 1. The molecule has 0 saturated heterocycles. The van der Waals surface area contributed by atoms with Gasteiger partial charge in [0.1, 0.15) is 0 Å². The zero-order valence-corrected chi connectivity index (χ0v) is 8.06. The average molecular weight is 215 g/mol. The summed E-state index contributed by atoms with van der Waals surface area (Å²) in [4.78, 5) is 7.15. The molecule has 0 amide bonds. The average Bonchev–Trinajstić information content (AvgIpc) is 2.37. The minimum Gasteiger partial charge on any atom is -0.348 e. The standard InChI is InChI=1S/C8H11BrN2/c1-7-8(11-6-10-7)4-2-3-5-9/h2,4,6H,3,5H2,1H3,(H,10,11). The quantitative estimate of drug-likeness (QED) is 0.771. The number of rotatable bonds is 3. The normalized spacial score (nSPS) is 11.1. The number of H-pyrrole nitrogens is 1. The van der Waals surface area contributed by atoms with Crippen molar-refractivity contribution < 1.29 is 0 Å². The number of nitrogens with zero attached hydrogens (tertiary/aromatic N) is 1. The Morgan fingerprint density at radius 2 is 2.55 bits per heavy atom. The first-order valence-electron chi connectivity index (χ1n) is 3.57. The Morgan fingerprint density at radius 1 is 1.73 bits per heavy atom. The lowest BCUT2D eigenvalue weighted by molar-refractivity contribution is 1.25. The maximum absolute atomic E-state index is 4.13. The Kier molecular flexibility index (Phi) is 3.36. The van der Waals surface area contributed by atoms with Gasteiger partial charge in [-0.25, -0.2) is 4.98 Å². The van der Waals surface area contributed by atoms with Crippen LogP contribution in [0.5, 0.6) is 0 Å². The number of imidazole rings is 1. The molecule has 1 aromatic rings. The van der Waals surface area contributed by atoms with Crippen LogP contribution < -0.4 is 0 Å². The number of hydrogen-bond acceptors (Lipinski definition) is 1. The van der Waals surface area contributed by atoms with E-state index in [1.807, 2.05) is 13.0 Å². The van der Waals surface area contributed by atoms with Crippen molar-refractivity contribution >= 4 is 22.0 Å². The molecule has 1 aromatic heterocycles. The molecule has 11 heavy (non-hydrogen) atoms. The molecule has 0 fully saturated rings. The highest BCUT2D eigenvalue weighted by molar-refractivity contribution is 9.09. The zero-order chi connectivity index (χ0) is 8.10. The van der Waals surface area contributed by atoms with Gasteiger partial charge in [-0.05, 0) is 19.4 Å². The fourth-order valence-corrected chi connectivity index (χ4v) is 1.06. The van der Waals surface area contributed by atoms with E-state index in [-0.39, 0.29) is 0 Å². The summed E-state index contributed by atoms with van der Waals surface area (Å²) in [5.74, 6) is 0. The lowest BCUT2D eigenvalue weighted by atomic mass is 10.3. The van der Waals surface area contributed by atoms with Crippen molar-refractivity contribution in [3.63, 3.8) is 0 Å². The Balaban J connectivity index is 2.56. The molecule has 0 radical (unpaired) electrons. The van der Waals surface area contributed by atoms with E-state index in [1.165, 1.54) is 0 Å². The second-order valence-electron chi connectivity index (χ2n) is 2.29.